The average Bonchev–Trinajstić information content (AvgIpc) is 2.68. The average molecular weight is 440 g/mol. The van der Waals surface area contributed by atoms with Crippen LogP contribution in [0.3, 0.4) is 0 Å². The Labute approximate surface area is 170 Å². The number of carbonyl (C=O) groups excluding carboxylic acids is 2. The molecule has 0 aromatic heterocycles. The number of benzene rings is 3. The first kappa shape index (κ1) is 19.6. The zero-order valence-electron chi connectivity index (χ0n) is 15.1. The Balaban J connectivity index is 1.62. The molecular formula is C21H18BrN3O3. The monoisotopic (exact) mass is 439 g/mol. The number of hydrogen-bond acceptors (Lipinski definition) is 4. The van der Waals surface area contributed by atoms with Crippen LogP contribution in [0, 0.1) is 0 Å². The van der Waals surface area contributed by atoms with Gasteiger partial charge in [-0.05, 0) is 42.6 Å². The quantitative estimate of drug-likeness (QED) is 0.405. The summed E-state index contributed by atoms with van der Waals surface area (Å²) in [6.07, 6.45) is 0.0278. The molecule has 0 bridgehead atoms. The van der Waals surface area contributed by atoms with E-state index in [0.29, 0.717) is 16.8 Å². The first-order chi connectivity index (χ1) is 13.4. The fourth-order valence-corrected chi connectivity index (χ4v) is 2.92. The lowest BCUT2D eigenvalue weighted by atomic mass is 10.1. The van der Waals surface area contributed by atoms with Crippen molar-refractivity contribution >= 4 is 49.9 Å². The van der Waals surface area contributed by atoms with Crippen LogP contribution in [-0.2, 0) is 4.79 Å². The number of rotatable bonds is 5. The Morgan fingerprint density at radius 3 is 2.50 bits per heavy atom. The van der Waals surface area contributed by atoms with Gasteiger partial charge in [0, 0.05) is 21.3 Å². The number of fused-ring (bicyclic) bond motifs is 1. The number of aromatic hydroxyl groups is 1. The van der Waals surface area contributed by atoms with Crippen molar-refractivity contribution in [3.05, 3.63) is 70.7 Å². The lowest BCUT2D eigenvalue weighted by molar-refractivity contribution is -0.115. The van der Waals surface area contributed by atoms with E-state index in [2.05, 4.69) is 31.8 Å². The van der Waals surface area contributed by atoms with E-state index in [1.807, 2.05) is 24.3 Å². The van der Waals surface area contributed by atoms with Crippen LogP contribution in [0.15, 0.2) is 70.2 Å². The van der Waals surface area contributed by atoms with Crippen LogP contribution in [0.4, 0.5) is 5.69 Å². The number of amides is 2. The normalized spacial score (nSPS) is 11.3. The maximum absolute atomic E-state index is 12.3. The predicted octanol–water partition coefficient (Wildman–Crippen LogP) is 4.44. The number of anilines is 1. The Bertz CT molecular complexity index is 1060. The second kappa shape index (κ2) is 8.67. The van der Waals surface area contributed by atoms with E-state index >= 15 is 0 Å². The summed E-state index contributed by atoms with van der Waals surface area (Å²) in [5.74, 6) is -0.890. The van der Waals surface area contributed by atoms with Crippen LogP contribution in [0.25, 0.3) is 10.8 Å². The zero-order chi connectivity index (χ0) is 20.1. The van der Waals surface area contributed by atoms with Crippen molar-refractivity contribution in [2.45, 2.75) is 13.3 Å². The first-order valence-corrected chi connectivity index (χ1v) is 9.33. The second-order valence-corrected chi connectivity index (χ2v) is 7.12. The molecule has 0 heterocycles. The molecule has 3 rings (SSSR count). The SMILES string of the molecule is C/C(CC(=O)Nc1ccc(Br)cc1)=N/NC(=O)c1ccc2ccccc2c1O. The minimum Gasteiger partial charge on any atom is -0.506 e. The molecule has 142 valence electrons. The molecule has 0 aliphatic rings. The highest BCUT2D eigenvalue weighted by Crippen LogP contribution is 2.28. The number of halogens is 1. The molecule has 6 nitrogen and oxygen atoms in total. The van der Waals surface area contributed by atoms with Crippen LogP contribution in [0.2, 0.25) is 0 Å². The van der Waals surface area contributed by atoms with Crippen LogP contribution >= 0.6 is 15.9 Å². The molecular weight excluding hydrogens is 422 g/mol. The van der Waals surface area contributed by atoms with Gasteiger partial charge in [-0.2, -0.15) is 5.10 Å². The fraction of sp³-hybridized carbons (Fsp3) is 0.0952. The maximum atomic E-state index is 12.3. The number of hydrazone groups is 1. The van der Waals surface area contributed by atoms with E-state index in [1.54, 1.807) is 37.3 Å². The number of hydrogen-bond donors (Lipinski definition) is 3. The molecule has 0 saturated heterocycles. The molecule has 0 radical (unpaired) electrons. The minimum atomic E-state index is -0.545. The van der Waals surface area contributed by atoms with E-state index in [4.69, 9.17) is 0 Å². The largest absolute Gasteiger partial charge is 0.506 e. The van der Waals surface area contributed by atoms with Gasteiger partial charge in [0.1, 0.15) is 5.75 Å². The molecule has 7 heteroatoms. The van der Waals surface area contributed by atoms with Crippen LogP contribution in [0.1, 0.15) is 23.7 Å². The van der Waals surface area contributed by atoms with E-state index < -0.39 is 5.91 Å². The fourth-order valence-electron chi connectivity index (χ4n) is 2.66. The van der Waals surface area contributed by atoms with E-state index in [9.17, 15) is 14.7 Å². The number of nitrogens with zero attached hydrogens (tertiary/aromatic N) is 1. The van der Waals surface area contributed by atoms with Gasteiger partial charge in [0.05, 0.1) is 12.0 Å². The summed E-state index contributed by atoms with van der Waals surface area (Å²) in [6.45, 7) is 1.64. The van der Waals surface area contributed by atoms with Gasteiger partial charge < -0.3 is 10.4 Å². The molecule has 0 fully saturated rings. The Morgan fingerprint density at radius 1 is 1.04 bits per heavy atom. The van der Waals surface area contributed by atoms with Crippen molar-refractivity contribution in [1.82, 2.24) is 5.43 Å². The van der Waals surface area contributed by atoms with Crippen molar-refractivity contribution in [3.63, 3.8) is 0 Å². The molecule has 0 atom stereocenters. The van der Waals surface area contributed by atoms with Gasteiger partial charge in [0.2, 0.25) is 5.91 Å². The summed E-state index contributed by atoms with van der Waals surface area (Å²) < 4.78 is 0.919. The summed E-state index contributed by atoms with van der Waals surface area (Å²) in [5.41, 5.74) is 3.61. The third kappa shape index (κ3) is 4.75. The summed E-state index contributed by atoms with van der Waals surface area (Å²) in [6, 6.07) is 17.7. The summed E-state index contributed by atoms with van der Waals surface area (Å²) >= 11 is 3.33. The molecule has 0 spiro atoms. The molecule has 3 N–H and O–H groups in total. The van der Waals surface area contributed by atoms with Crippen molar-refractivity contribution in [2.75, 3.05) is 5.32 Å². The molecule has 0 aliphatic heterocycles. The zero-order valence-corrected chi connectivity index (χ0v) is 16.7. The highest BCUT2D eigenvalue weighted by molar-refractivity contribution is 9.10. The smallest absolute Gasteiger partial charge is 0.275 e. The molecule has 3 aromatic carbocycles. The van der Waals surface area contributed by atoms with Gasteiger partial charge in [-0.15, -0.1) is 0 Å². The van der Waals surface area contributed by atoms with Gasteiger partial charge in [-0.25, -0.2) is 5.43 Å². The standard InChI is InChI=1S/C21H18BrN3O3/c1-13(12-19(26)23-16-9-7-15(22)8-10-16)24-25-21(28)18-11-6-14-4-2-3-5-17(14)20(18)27/h2-11,27H,12H2,1H3,(H,23,26)(H,25,28)/b24-13-. The van der Waals surface area contributed by atoms with Crippen LogP contribution in [-0.4, -0.2) is 22.6 Å². The number of nitrogens with one attached hydrogen (secondary N) is 2. The van der Waals surface area contributed by atoms with E-state index in [0.717, 1.165) is 9.86 Å². The Hall–Kier alpha value is -3.19. The number of carbonyl (C=O) groups is 2. The van der Waals surface area contributed by atoms with Crippen LogP contribution in [0.5, 0.6) is 5.75 Å². The van der Waals surface area contributed by atoms with Crippen molar-refractivity contribution in [1.29, 1.82) is 0 Å². The molecule has 0 aliphatic carbocycles. The van der Waals surface area contributed by atoms with Gasteiger partial charge in [0.15, 0.2) is 0 Å². The van der Waals surface area contributed by atoms with Gasteiger partial charge in [-0.3, -0.25) is 9.59 Å². The topological polar surface area (TPSA) is 90.8 Å². The highest BCUT2D eigenvalue weighted by atomic mass is 79.9. The lowest BCUT2D eigenvalue weighted by Crippen LogP contribution is -2.21. The molecule has 0 saturated carbocycles. The summed E-state index contributed by atoms with van der Waals surface area (Å²) in [7, 11) is 0. The number of phenols is 1. The van der Waals surface area contributed by atoms with Gasteiger partial charge >= 0.3 is 0 Å². The second-order valence-electron chi connectivity index (χ2n) is 6.20. The molecule has 2 amide bonds. The maximum Gasteiger partial charge on any atom is 0.275 e. The van der Waals surface area contributed by atoms with Crippen LogP contribution < -0.4 is 10.7 Å². The highest BCUT2D eigenvalue weighted by Gasteiger charge is 2.13. The third-order valence-corrected chi connectivity index (χ3v) is 4.57. The van der Waals surface area contributed by atoms with Gasteiger partial charge in [0.25, 0.3) is 5.91 Å². The van der Waals surface area contributed by atoms with Crippen molar-refractivity contribution in [2.24, 2.45) is 5.10 Å². The number of phenolic OH excluding ortho intramolecular Hbond substituents is 1. The third-order valence-electron chi connectivity index (χ3n) is 4.04. The minimum absolute atomic E-state index is 0.0278. The molecule has 3 aromatic rings. The van der Waals surface area contributed by atoms with Crippen molar-refractivity contribution in [3.8, 4) is 5.75 Å². The van der Waals surface area contributed by atoms with E-state index in [1.165, 1.54) is 6.07 Å². The van der Waals surface area contributed by atoms with Crippen molar-refractivity contribution < 1.29 is 14.7 Å². The summed E-state index contributed by atoms with van der Waals surface area (Å²) in [5, 5.41) is 18.5. The summed E-state index contributed by atoms with van der Waals surface area (Å²) in [4.78, 5) is 24.4. The molecule has 28 heavy (non-hydrogen) atoms. The predicted molar refractivity (Wildman–Crippen MR) is 114 cm³/mol. The lowest BCUT2D eigenvalue weighted by Gasteiger charge is -2.08. The molecule has 0 unspecified atom stereocenters. The Kier molecular flexibility index (Phi) is 6.06. The van der Waals surface area contributed by atoms with Gasteiger partial charge in [-0.1, -0.05) is 46.3 Å². The van der Waals surface area contributed by atoms with E-state index in [-0.39, 0.29) is 23.6 Å². The Morgan fingerprint density at radius 2 is 1.75 bits per heavy atom. The first-order valence-electron chi connectivity index (χ1n) is 8.53.